The normalized spacial score (nSPS) is 11.0. The summed E-state index contributed by atoms with van der Waals surface area (Å²) in [6, 6.07) is 5.57. The van der Waals surface area contributed by atoms with Crippen LogP contribution in [-0.2, 0) is 19.5 Å². The summed E-state index contributed by atoms with van der Waals surface area (Å²) in [4.78, 5) is 17.9. The topological polar surface area (TPSA) is 58.4 Å². The Morgan fingerprint density at radius 1 is 1.32 bits per heavy atom. The molecule has 0 aliphatic rings. The first kappa shape index (κ1) is 16.2. The van der Waals surface area contributed by atoms with Crippen LogP contribution in [0.1, 0.15) is 24.6 Å². The van der Waals surface area contributed by atoms with Crippen LogP contribution in [0.5, 0.6) is 5.75 Å². The SMILES string of the molecule is CCCn1cc(O)c(=O)cc1CN(C)CCc1ccncc1. The molecule has 0 aromatic carbocycles. The van der Waals surface area contributed by atoms with E-state index in [1.54, 1.807) is 12.4 Å². The van der Waals surface area contributed by atoms with Crippen molar-refractivity contribution in [1.82, 2.24) is 14.5 Å². The van der Waals surface area contributed by atoms with Crippen LogP contribution in [0.2, 0.25) is 0 Å². The van der Waals surface area contributed by atoms with Crippen molar-refractivity contribution >= 4 is 0 Å². The van der Waals surface area contributed by atoms with E-state index in [2.05, 4.69) is 16.8 Å². The predicted octanol–water partition coefficient (Wildman–Crippen LogP) is 2.03. The minimum atomic E-state index is -0.315. The summed E-state index contributed by atoms with van der Waals surface area (Å²) in [5, 5.41) is 9.58. The molecule has 0 saturated heterocycles. The first-order valence-corrected chi connectivity index (χ1v) is 7.60. The lowest BCUT2D eigenvalue weighted by Crippen LogP contribution is -2.24. The van der Waals surface area contributed by atoms with Crippen molar-refractivity contribution in [3.63, 3.8) is 0 Å². The molecule has 2 rings (SSSR count). The summed E-state index contributed by atoms with van der Waals surface area (Å²) in [5.74, 6) is -0.184. The molecule has 0 spiro atoms. The minimum Gasteiger partial charge on any atom is -0.503 e. The Labute approximate surface area is 130 Å². The lowest BCUT2D eigenvalue weighted by Gasteiger charge is -2.20. The quantitative estimate of drug-likeness (QED) is 0.850. The molecular formula is C17H23N3O2. The zero-order valence-corrected chi connectivity index (χ0v) is 13.2. The summed E-state index contributed by atoms with van der Waals surface area (Å²) >= 11 is 0. The Balaban J connectivity index is 2.02. The third-order valence-corrected chi connectivity index (χ3v) is 3.63. The fourth-order valence-corrected chi connectivity index (χ4v) is 2.41. The Kier molecular flexibility index (Phi) is 5.72. The average Bonchev–Trinajstić information content (AvgIpc) is 2.51. The van der Waals surface area contributed by atoms with Gasteiger partial charge in [-0.2, -0.15) is 0 Å². The second-order valence-corrected chi connectivity index (χ2v) is 5.55. The van der Waals surface area contributed by atoms with Crippen molar-refractivity contribution in [2.24, 2.45) is 0 Å². The van der Waals surface area contributed by atoms with E-state index in [0.29, 0.717) is 6.54 Å². The van der Waals surface area contributed by atoms with Crippen molar-refractivity contribution in [2.45, 2.75) is 32.9 Å². The molecule has 0 atom stereocenters. The minimum absolute atomic E-state index is 0.184. The van der Waals surface area contributed by atoms with Crippen molar-refractivity contribution in [1.29, 1.82) is 0 Å². The van der Waals surface area contributed by atoms with Crippen LogP contribution in [0.25, 0.3) is 0 Å². The molecule has 0 aliphatic carbocycles. The second-order valence-electron chi connectivity index (χ2n) is 5.55. The maximum atomic E-state index is 11.7. The average molecular weight is 301 g/mol. The van der Waals surface area contributed by atoms with Crippen LogP contribution in [-0.4, -0.2) is 33.1 Å². The smallest absolute Gasteiger partial charge is 0.223 e. The highest BCUT2D eigenvalue weighted by Crippen LogP contribution is 2.09. The number of aromatic nitrogens is 2. The molecule has 22 heavy (non-hydrogen) atoms. The standard InChI is InChI=1S/C17H23N3O2/c1-3-9-20-13-17(22)16(21)11-15(20)12-19(2)10-6-14-4-7-18-8-5-14/h4-5,7-8,11,13,22H,3,6,9-10,12H2,1-2H3. The zero-order valence-electron chi connectivity index (χ0n) is 13.2. The number of aryl methyl sites for hydroxylation is 1. The molecule has 0 bridgehead atoms. The number of rotatable bonds is 7. The van der Waals surface area contributed by atoms with Crippen molar-refractivity contribution in [3.05, 3.63) is 58.3 Å². The van der Waals surface area contributed by atoms with E-state index in [1.165, 1.54) is 17.8 Å². The first-order chi connectivity index (χ1) is 10.6. The molecule has 5 nitrogen and oxygen atoms in total. The molecule has 0 saturated carbocycles. The number of pyridine rings is 2. The summed E-state index contributed by atoms with van der Waals surface area (Å²) in [6.07, 6.45) is 7.03. The maximum absolute atomic E-state index is 11.7. The largest absolute Gasteiger partial charge is 0.503 e. The van der Waals surface area contributed by atoms with Gasteiger partial charge in [-0.15, -0.1) is 0 Å². The van der Waals surface area contributed by atoms with Crippen LogP contribution in [0.15, 0.2) is 41.6 Å². The summed E-state index contributed by atoms with van der Waals surface area (Å²) in [6.45, 7) is 4.44. The maximum Gasteiger partial charge on any atom is 0.223 e. The van der Waals surface area contributed by atoms with Gasteiger partial charge in [0.1, 0.15) is 0 Å². The van der Waals surface area contributed by atoms with Crippen LogP contribution in [0, 0.1) is 0 Å². The Morgan fingerprint density at radius 2 is 2.05 bits per heavy atom. The fraction of sp³-hybridized carbons (Fsp3) is 0.412. The molecule has 0 unspecified atom stereocenters. The van der Waals surface area contributed by atoms with Gasteiger partial charge in [-0.3, -0.25) is 9.78 Å². The molecule has 0 aliphatic heterocycles. The van der Waals surface area contributed by atoms with Crippen LogP contribution in [0.4, 0.5) is 0 Å². The molecule has 2 aromatic heterocycles. The van der Waals surface area contributed by atoms with E-state index in [4.69, 9.17) is 0 Å². The highest BCUT2D eigenvalue weighted by atomic mass is 16.3. The number of aromatic hydroxyl groups is 1. The number of hydrogen-bond donors (Lipinski definition) is 1. The molecule has 0 radical (unpaired) electrons. The second kappa shape index (κ2) is 7.75. The molecule has 5 heteroatoms. The van der Waals surface area contributed by atoms with Gasteiger partial charge in [0, 0.05) is 43.8 Å². The monoisotopic (exact) mass is 301 g/mol. The van der Waals surface area contributed by atoms with Crippen LogP contribution < -0.4 is 5.43 Å². The van der Waals surface area contributed by atoms with Crippen LogP contribution >= 0.6 is 0 Å². The number of likely N-dealkylation sites (N-methyl/N-ethyl adjacent to an activating group) is 1. The summed E-state index contributed by atoms with van der Waals surface area (Å²) in [5.41, 5.74) is 1.87. The van der Waals surface area contributed by atoms with Crippen molar-refractivity contribution < 1.29 is 5.11 Å². The first-order valence-electron chi connectivity index (χ1n) is 7.60. The van der Waals surface area contributed by atoms with Gasteiger partial charge >= 0.3 is 0 Å². The van der Waals surface area contributed by atoms with Crippen molar-refractivity contribution in [3.8, 4) is 5.75 Å². The Bertz CT molecular complexity index is 653. The summed E-state index contributed by atoms with van der Waals surface area (Å²) in [7, 11) is 2.04. The van der Waals surface area contributed by atoms with Gasteiger partial charge < -0.3 is 14.6 Å². The molecule has 1 N–H and O–H groups in total. The van der Waals surface area contributed by atoms with Gasteiger partial charge in [-0.1, -0.05) is 6.92 Å². The Morgan fingerprint density at radius 3 is 2.73 bits per heavy atom. The van der Waals surface area contributed by atoms with E-state index < -0.39 is 0 Å². The van der Waals surface area contributed by atoms with Gasteiger partial charge in [0.15, 0.2) is 5.75 Å². The third kappa shape index (κ3) is 4.43. The van der Waals surface area contributed by atoms with Gasteiger partial charge in [-0.25, -0.2) is 0 Å². The highest BCUT2D eigenvalue weighted by Gasteiger charge is 2.08. The Hall–Kier alpha value is -2.14. The van der Waals surface area contributed by atoms with Crippen molar-refractivity contribution in [2.75, 3.05) is 13.6 Å². The summed E-state index contributed by atoms with van der Waals surface area (Å²) < 4.78 is 1.96. The zero-order chi connectivity index (χ0) is 15.9. The van der Waals surface area contributed by atoms with E-state index in [-0.39, 0.29) is 11.2 Å². The third-order valence-electron chi connectivity index (χ3n) is 3.63. The molecular weight excluding hydrogens is 278 g/mol. The van der Waals surface area contributed by atoms with Crippen LogP contribution in [0.3, 0.4) is 0 Å². The van der Waals surface area contributed by atoms with Gasteiger partial charge in [-0.05, 0) is 37.6 Å². The highest BCUT2D eigenvalue weighted by molar-refractivity contribution is 5.20. The lowest BCUT2D eigenvalue weighted by molar-refractivity contribution is 0.318. The molecule has 2 heterocycles. The molecule has 2 aromatic rings. The van der Waals surface area contributed by atoms with E-state index in [1.807, 2.05) is 23.7 Å². The fourth-order valence-electron chi connectivity index (χ4n) is 2.41. The van der Waals surface area contributed by atoms with E-state index in [0.717, 1.165) is 31.6 Å². The number of hydrogen-bond acceptors (Lipinski definition) is 4. The van der Waals surface area contributed by atoms with Gasteiger partial charge in [0.25, 0.3) is 0 Å². The van der Waals surface area contributed by atoms with E-state index >= 15 is 0 Å². The molecule has 0 amide bonds. The van der Waals surface area contributed by atoms with E-state index in [9.17, 15) is 9.90 Å². The van der Waals surface area contributed by atoms with Gasteiger partial charge in [0.2, 0.25) is 5.43 Å². The molecule has 118 valence electrons. The van der Waals surface area contributed by atoms with Gasteiger partial charge in [0.05, 0.1) is 6.20 Å². The lowest BCUT2D eigenvalue weighted by atomic mass is 10.2. The molecule has 0 fully saturated rings. The predicted molar refractivity (Wildman–Crippen MR) is 86.9 cm³/mol. The number of nitrogens with zero attached hydrogens (tertiary/aromatic N) is 3.